The smallest absolute Gasteiger partial charge is 0.129 e. The molecule has 5 nitrogen and oxygen atoms in total. The van der Waals surface area contributed by atoms with E-state index < -0.39 is 0 Å². The van der Waals surface area contributed by atoms with Gasteiger partial charge in [-0.3, -0.25) is 5.10 Å². The SMILES string of the molecule is CC1(C)COCCN1c1cc2cn[nH]c2cn1. The molecule has 1 saturated heterocycles. The first kappa shape index (κ1) is 10.5. The van der Waals surface area contributed by atoms with Crippen LogP contribution in [0, 0.1) is 0 Å². The van der Waals surface area contributed by atoms with Crippen molar-refractivity contribution >= 4 is 16.7 Å². The largest absolute Gasteiger partial charge is 0.377 e. The predicted octanol–water partition coefficient (Wildman–Crippen LogP) is 1.57. The van der Waals surface area contributed by atoms with Crippen molar-refractivity contribution in [2.45, 2.75) is 19.4 Å². The molecule has 3 rings (SSSR count). The van der Waals surface area contributed by atoms with Gasteiger partial charge in [0.1, 0.15) is 5.82 Å². The van der Waals surface area contributed by atoms with Crippen LogP contribution in [0.25, 0.3) is 10.9 Å². The summed E-state index contributed by atoms with van der Waals surface area (Å²) in [5, 5.41) is 8.03. The highest BCUT2D eigenvalue weighted by Gasteiger charge is 2.31. The lowest BCUT2D eigenvalue weighted by Crippen LogP contribution is -2.53. The molecule has 0 saturated carbocycles. The second-order valence-electron chi connectivity index (χ2n) is 5.02. The summed E-state index contributed by atoms with van der Waals surface area (Å²) in [4.78, 5) is 6.79. The van der Waals surface area contributed by atoms with Gasteiger partial charge in [0.05, 0.1) is 36.7 Å². The molecule has 2 aromatic heterocycles. The fourth-order valence-corrected chi connectivity index (χ4v) is 2.26. The maximum Gasteiger partial charge on any atom is 0.129 e. The molecule has 1 aliphatic heterocycles. The first-order chi connectivity index (χ1) is 8.17. The fraction of sp³-hybridized carbons (Fsp3) is 0.500. The van der Waals surface area contributed by atoms with Gasteiger partial charge in [-0.2, -0.15) is 5.10 Å². The van der Waals surface area contributed by atoms with E-state index in [0.29, 0.717) is 0 Å². The topological polar surface area (TPSA) is 54.0 Å². The van der Waals surface area contributed by atoms with E-state index in [-0.39, 0.29) is 5.54 Å². The lowest BCUT2D eigenvalue weighted by atomic mass is 10.0. The number of nitrogens with zero attached hydrogens (tertiary/aromatic N) is 3. The number of anilines is 1. The summed E-state index contributed by atoms with van der Waals surface area (Å²) in [6, 6.07) is 2.08. The van der Waals surface area contributed by atoms with Crippen LogP contribution in [0.1, 0.15) is 13.8 Å². The van der Waals surface area contributed by atoms with Gasteiger partial charge in [-0.1, -0.05) is 0 Å². The lowest BCUT2D eigenvalue weighted by molar-refractivity contribution is 0.0639. The molecule has 90 valence electrons. The van der Waals surface area contributed by atoms with Gasteiger partial charge in [0.15, 0.2) is 0 Å². The molecule has 0 aromatic carbocycles. The van der Waals surface area contributed by atoms with Gasteiger partial charge in [-0.15, -0.1) is 0 Å². The van der Waals surface area contributed by atoms with Gasteiger partial charge in [0.25, 0.3) is 0 Å². The zero-order valence-corrected chi connectivity index (χ0v) is 10.1. The number of nitrogens with one attached hydrogen (secondary N) is 1. The Labute approximate surface area is 99.8 Å². The van der Waals surface area contributed by atoms with Crippen molar-refractivity contribution < 1.29 is 4.74 Å². The van der Waals surface area contributed by atoms with Crippen molar-refractivity contribution in [1.29, 1.82) is 0 Å². The maximum atomic E-state index is 5.52. The Bertz CT molecular complexity index is 534. The van der Waals surface area contributed by atoms with Crippen LogP contribution in [0.4, 0.5) is 5.82 Å². The lowest BCUT2D eigenvalue weighted by Gasteiger charge is -2.42. The molecule has 1 aliphatic rings. The third-order valence-corrected chi connectivity index (χ3v) is 3.23. The van der Waals surface area contributed by atoms with E-state index in [2.05, 4.69) is 40.0 Å². The first-order valence-corrected chi connectivity index (χ1v) is 5.81. The van der Waals surface area contributed by atoms with E-state index in [9.17, 15) is 0 Å². The van der Waals surface area contributed by atoms with Crippen LogP contribution in [0.3, 0.4) is 0 Å². The number of morpholine rings is 1. The second kappa shape index (κ2) is 3.70. The number of hydrogen-bond donors (Lipinski definition) is 1. The molecule has 3 heterocycles. The molecule has 1 N–H and O–H groups in total. The van der Waals surface area contributed by atoms with Crippen molar-refractivity contribution in [2.75, 3.05) is 24.7 Å². The van der Waals surface area contributed by atoms with Crippen molar-refractivity contribution in [3.63, 3.8) is 0 Å². The van der Waals surface area contributed by atoms with Crippen LogP contribution in [0.15, 0.2) is 18.5 Å². The van der Waals surface area contributed by atoms with Crippen LogP contribution in [-0.4, -0.2) is 40.5 Å². The van der Waals surface area contributed by atoms with Gasteiger partial charge >= 0.3 is 0 Å². The highest BCUT2D eigenvalue weighted by Crippen LogP contribution is 2.26. The highest BCUT2D eigenvalue weighted by molar-refractivity contribution is 5.79. The summed E-state index contributed by atoms with van der Waals surface area (Å²) in [6.07, 6.45) is 3.66. The van der Waals surface area contributed by atoms with Crippen LogP contribution in [-0.2, 0) is 4.74 Å². The zero-order chi connectivity index (χ0) is 11.9. The molecule has 2 aromatic rings. The third kappa shape index (κ3) is 1.76. The minimum absolute atomic E-state index is 0.0112. The fourth-order valence-electron chi connectivity index (χ4n) is 2.26. The molecular formula is C12H16N4O. The Hall–Kier alpha value is -1.62. The molecule has 0 atom stereocenters. The van der Waals surface area contributed by atoms with Gasteiger partial charge in [-0.25, -0.2) is 4.98 Å². The van der Waals surface area contributed by atoms with Crippen molar-refractivity contribution in [3.8, 4) is 0 Å². The average molecular weight is 232 g/mol. The number of pyridine rings is 1. The molecule has 17 heavy (non-hydrogen) atoms. The van der Waals surface area contributed by atoms with Gasteiger partial charge in [0, 0.05) is 11.9 Å². The third-order valence-electron chi connectivity index (χ3n) is 3.23. The number of fused-ring (bicyclic) bond motifs is 1. The second-order valence-corrected chi connectivity index (χ2v) is 5.02. The van der Waals surface area contributed by atoms with E-state index in [0.717, 1.165) is 36.5 Å². The predicted molar refractivity (Wildman–Crippen MR) is 66.1 cm³/mol. The molecule has 0 radical (unpaired) electrons. The molecular weight excluding hydrogens is 216 g/mol. The van der Waals surface area contributed by atoms with Crippen LogP contribution in [0.2, 0.25) is 0 Å². The summed E-state index contributed by atoms with van der Waals surface area (Å²) < 4.78 is 5.52. The number of rotatable bonds is 1. The van der Waals surface area contributed by atoms with E-state index in [1.807, 2.05) is 12.4 Å². The van der Waals surface area contributed by atoms with Crippen LogP contribution < -0.4 is 4.90 Å². The summed E-state index contributed by atoms with van der Waals surface area (Å²) in [7, 11) is 0. The molecule has 0 unspecified atom stereocenters. The number of hydrogen-bond acceptors (Lipinski definition) is 4. The van der Waals surface area contributed by atoms with Crippen LogP contribution in [0.5, 0.6) is 0 Å². The minimum atomic E-state index is -0.0112. The minimum Gasteiger partial charge on any atom is -0.377 e. The summed E-state index contributed by atoms with van der Waals surface area (Å²) in [6.45, 7) is 6.72. The van der Waals surface area contributed by atoms with Crippen molar-refractivity contribution in [1.82, 2.24) is 15.2 Å². The van der Waals surface area contributed by atoms with Gasteiger partial charge in [-0.05, 0) is 19.9 Å². The molecule has 5 heteroatoms. The molecule has 1 fully saturated rings. The summed E-state index contributed by atoms with van der Waals surface area (Å²) in [5.41, 5.74) is 0.961. The maximum absolute atomic E-state index is 5.52. The van der Waals surface area contributed by atoms with E-state index >= 15 is 0 Å². The number of aromatic amines is 1. The monoisotopic (exact) mass is 232 g/mol. The summed E-state index contributed by atoms with van der Waals surface area (Å²) >= 11 is 0. The van der Waals surface area contributed by atoms with Crippen molar-refractivity contribution in [3.05, 3.63) is 18.5 Å². The Balaban J connectivity index is 2.01. The average Bonchev–Trinajstić information content (AvgIpc) is 2.75. The quantitative estimate of drug-likeness (QED) is 0.811. The summed E-state index contributed by atoms with van der Waals surface area (Å²) in [5.74, 6) is 0.993. The number of aromatic nitrogens is 3. The number of H-pyrrole nitrogens is 1. The molecule has 0 bridgehead atoms. The normalized spacial score (nSPS) is 19.8. The van der Waals surface area contributed by atoms with E-state index in [1.165, 1.54) is 0 Å². The van der Waals surface area contributed by atoms with Gasteiger partial charge < -0.3 is 9.64 Å². The molecule has 0 amide bonds. The highest BCUT2D eigenvalue weighted by atomic mass is 16.5. The Morgan fingerprint density at radius 2 is 2.29 bits per heavy atom. The Morgan fingerprint density at radius 1 is 1.41 bits per heavy atom. The molecule has 0 aliphatic carbocycles. The van der Waals surface area contributed by atoms with E-state index in [1.54, 1.807) is 0 Å². The first-order valence-electron chi connectivity index (χ1n) is 5.81. The van der Waals surface area contributed by atoms with Crippen LogP contribution >= 0.6 is 0 Å². The standard InChI is InChI=1S/C12H16N4O/c1-12(2)8-17-4-3-16(12)11-5-9-6-14-15-10(9)7-13-11/h5-7H,3-4,8H2,1-2H3,(H,14,15). The van der Waals surface area contributed by atoms with Crippen molar-refractivity contribution in [2.24, 2.45) is 0 Å². The van der Waals surface area contributed by atoms with Gasteiger partial charge in [0.2, 0.25) is 0 Å². The molecule has 0 spiro atoms. The zero-order valence-electron chi connectivity index (χ0n) is 10.1. The Morgan fingerprint density at radius 3 is 3.12 bits per heavy atom. The Kier molecular flexibility index (Phi) is 2.29. The van der Waals surface area contributed by atoms with E-state index in [4.69, 9.17) is 4.74 Å². The number of ether oxygens (including phenoxy) is 1.